The molecule has 5 heteroatoms. The van der Waals surface area contributed by atoms with Crippen molar-refractivity contribution in [1.29, 1.82) is 0 Å². The van der Waals surface area contributed by atoms with E-state index in [1.165, 1.54) is 29.7 Å². The lowest BCUT2D eigenvalue weighted by Gasteiger charge is -2.08. The summed E-state index contributed by atoms with van der Waals surface area (Å²) in [6.45, 7) is 0.450. The predicted octanol–water partition coefficient (Wildman–Crippen LogP) is 2.59. The minimum absolute atomic E-state index is 0.450. The summed E-state index contributed by atoms with van der Waals surface area (Å²) < 4.78 is 1.95. The molecule has 2 N–H and O–H groups in total. The van der Waals surface area contributed by atoms with Gasteiger partial charge < -0.3 is 5.73 Å². The first kappa shape index (κ1) is 14.1. The van der Waals surface area contributed by atoms with Crippen LogP contribution in [0.2, 0.25) is 0 Å². The maximum Gasteiger partial charge on any atom is 0.100 e. The van der Waals surface area contributed by atoms with Gasteiger partial charge in [0.25, 0.3) is 0 Å². The molecule has 0 amide bonds. The second-order valence-electron chi connectivity index (χ2n) is 6.01. The summed E-state index contributed by atoms with van der Waals surface area (Å²) in [5.41, 5.74) is 11.5. The Kier molecular flexibility index (Phi) is 3.63. The van der Waals surface area contributed by atoms with Crippen LogP contribution in [0.4, 0.5) is 0 Å². The van der Waals surface area contributed by atoms with Crippen LogP contribution in [0.25, 0.3) is 5.69 Å². The standard InChI is InChI=1S/C18H19N5/c19-12-17-18(15-3-4-15)23(22-21-17)16-5-1-13(2-6-16)11-14-7-9-20-10-8-14/h1-2,5-10,15H,3-4,11-12,19H2. The average Bonchev–Trinajstić information content (AvgIpc) is 3.35. The summed E-state index contributed by atoms with van der Waals surface area (Å²) >= 11 is 0. The van der Waals surface area contributed by atoms with Gasteiger partial charge in [-0.3, -0.25) is 4.98 Å². The molecule has 1 aliphatic rings. The average molecular weight is 305 g/mol. The van der Waals surface area contributed by atoms with E-state index < -0.39 is 0 Å². The van der Waals surface area contributed by atoms with Gasteiger partial charge in [0.1, 0.15) is 5.69 Å². The van der Waals surface area contributed by atoms with Crippen LogP contribution >= 0.6 is 0 Å². The fraction of sp³-hybridized carbons (Fsp3) is 0.278. The molecule has 1 fully saturated rings. The van der Waals surface area contributed by atoms with Crippen molar-refractivity contribution in [1.82, 2.24) is 20.0 Å². The van der Waals surface area contributed by atoms with Crippen molar-refractivity contribution in [3.63, 3.8) is 0 Å². The molecule has 5 nitrogen and oxygen atoms in total. The molecule has 0 aliphatic heterocycles. The van der Waals surface area contributed by atoms with Gasteiger partial charge in [0.05, 0.1) is 11.4 Å². The second kappa shape index (κ2) is 5.93. The van der Waals surface area contributed by atoms with Gasteiger partial charge in [0.2, 0.25) is 0 Å². The Morgan fingerprint density at radius 1 is 1.00 bits per heavy atom. The summed E-state index contributed by atoms with van der Waals surface area (Å²) in [5.74, 6) is 0.569. The van der Waals surface area contributed by atoms with E-state index in [-0.39, 0.29) is 0 Å². The minimum Gasteiger partial charge on any atom is -0.325 e. The molecule has 116 valence electrons. The second-order valence-corrected chi connectivity index (χ2v) is 6.01. The van der Waals surface area contributed by atoms with Crippen molar-refractivity contribution in [2.24, 2.45) is 5.73 Å². The van der Waals surface area contributed by atoms with E-state index in [4.69, 9.17) is 5.73 Å². The first-order valence-electron chi connectivity index (χ1n) is 7.98. The van der Waals surface area contributed by atoms with Crippen molar-refractivity contribution in [2.45, 2.75) is 31.7 Å². The lowest BCUT2D eigenvalue weighted by Crippen LogP contribution is -2.05. The normalized spacial score (nSPS) is 14.1. The predicted molar refractivity (Wildman–Crippen MR) is 88.3 cm³/mol. The Labute approximate surface area is 135 Å². The minimum atomic E-state index is 0.450. The number of nitrogens with zero attached hydrogens (tertiary/aromatic N) is 4. The van der Waals surface area contributed by atoms with Crippen LogP contribution < -0.4 is 5.73 Å². The van der Waals surface area contributed by atoms with Gasteiger partial charge >= 0.3 is 0 Å². The highest BCUT2D eigenvalue weighted by molar-refractivity contribution is 5.39. The van der Waals surface area contributed by atoms with Gasteiger partial charge in [0, 0.05) is 24.9 Å². The fourth-order valence-corrected chi connectivity index (χ4v) is 2.91. The van der Waals surface area contributed by atoms with Crippen molar-refractivity contribution in [3.05, 3.63) is 71.3 Å². The smallest absolute Gasteiger partial charge is 0.100 e. The SMILES string of the molecule is NCc1nnn(-c2ccc(Cc3ccncc3)cc2)c1C1CC1. The zero-order chi connectivity index (χ0) is 15.6. The van der Waals surface area contributed by atoms with Crippen LogP contribution in [-0.4, -0.2) is 20.0 Å². The number of aromatic nitrogens is 4. The monoisotopic (exact) mass is 305 g/mol. The Balaban J connectivity index is 1.60. The molecule has 0 spiro atoms. The van der Waals surface area contributed by atoms with Crippen molar-refractivity contribution < 1.29 is 0 Å². The number of rotatable bonds is 5. The molecule has 0 unspecified atom stereocenters. The lowest BCUT2D eigenvalue weighted by atomic mass is 10.1. The van der Waals surface area contributed by atoms with Crippen LogP contribution in [0.3, 0.4) is 0 Å². The summed E-state index contributed by atoms with van der Waals surface area (Å²) in [7, 11) is 0. The van der Waals surface area contributed by atoms with Gasteiger partial charge in [0.15, 0.2) is 0 Å². The Morgan fingerprint density at radius 2 is 1.70 bits per heavy atom. The molecular weight excluding hydrogens is 286 g/mol. The first-order valence-corrected chi connectivity index (χ1v) is 7.98. The van der Waals surface area contributed by atoms with E-state index in [1.807, 2.05) is 29.2 Å². The molecule has 2 heterocycles. The fourth-order valence-electron chi connectivity index (χ4n) is 2.91. The van der Waals surface area contributed by atoms with E-state index in [0.29, 0.717) is 12.5 Å². The molecule has 3 aromatic rings. The van der Waals surface area contributed by atoms with E-state index >= 15 is 0 Å². The Bertz CT molecular complexity index is 788. The van der Waals surface area contributed by atoms with Gasteiger partial charge in [-0.25, -0.2) is 4.68 Å². The van der Waals surface area contributed by atoms with Crippen LogP contribution in [0.5, 0.6) is 0 Å². The molecule has 0 atom stereocenters. The number of benzene rings is 1. The van der Waals surface area contributed by atoms with Crippen LogP contribution in [0, 0.1) is 0 Å². The number of hydrogen-bond acceptors (Lipinski definition) is 4. The molecule has 1 saturated carbocycles. The van der Waals surface area contributed by atoms with E-state index in [1.54, 1.807) is 0 Å². The van der Waals surface area contributed by atoms with Gasteiger partial charge in [-0.2, -0.15) is 0 Å². The Morgan fingerprint density at radius 3 is 2.35 bits per heavy atom. The summed E-state index contributed by atoms with van der Waals surface area (Å²) in [5, 5.41) is 8.55. The number of nitrogens with two attached hydrogens (primary N) is 1. The first-order chi connectivity index (χ1) is 11.3. The number of hydrogen-bond donors (Lipinski definition) is 1. The van der Waals surface area contributed by atoms with Gasteiger partial charge in [-0.05, 0) is 54.7 Å². The van der Waals surface area contributed by atoms with Crippen molar-refractivity contribution in [2.75, 3.05) is 0 Å². The largest absolute Gasteiger partial charge is 0.325 e. The molecule has 1 aliphatic carbocycles. The zero-order valence-electron chi connectivity index (χ0n) is 12.9. The third kappa shape index (κ3) is 2.87. The highest BCUT2D eigenvalue weighted by atomic mass is 15.4. The van der Waals surface area contributed by atoms with Gasteiger partial charge in [-0.1, -0.05) is 17.3 Å². The summed E-state index contributed by atoms with van der Waals surface area (Å²) in [6.07, 6.45) is 6.98. The molecule has 0 bridgehead atoms. The van der Waals surface area contributed by atoms with Crippen molar-refractivity contribution in [3.8, 4) is 5.69 Å². The molecule has 1 aromatic carbocycles. The summed E-state index contributed by atoms with van der Waals surface area (Å²) in [6, 6.07) is 12.6. The van der Waals surface area contributed by atoms with Crippen LogP contribution in [-0.2, 0) is 13.0 Å². The topological polar surface area (TPSA) is 69.6 Å². The molecule has 2 aromatic heterocycles. The highest BCUT2D eigenvalue weighted by Gasteiger charge is 2.31. The third-order valence-electron chi connectivity index (χ3n) is 4.27. The van der Waals surface area contributed by atoms with E-state index in [9.17, 15) is 0 Å². The van der Waals surface area contributed by atoms with E-state index in [2.05, 4.69) is 39.6 Å². The quantitative estimate of drug-likeness (QED) is 0.786. The van der Waals surface area contributed by atoms with Gasteiger partial charge in [-0.15, -0.1) is 5.10 Å². The van der Waals surface area contributed by atoms with Crippen LogP contribution in [0.15, 0.2) is 48.8 Å². The number of pyridine rings is 1. The zero-order valence-corrected chi connectivity index (χ0v) is 12.9. The molecule has 23 heavy (non-hydrogen) atoms. The molecule has 0 radical (unpaired) electrons. The maximum atomic E-state index is 5.80. The highest BCUT2D eigenvalue weighted by Crippen LogP contribution is 2.41. The van der Waals surface area contributed by atoms with Crippen LogP contribution in [0.1, 0.15) is 41.3 Å². The van der Waals surface area contributed by atoms with E-state index in [0.717, 1.165) is 17.8 Å². The summed E-state index contributed by atoms with van der Waals surface area (Å²) in [4.78, 5) is 4.05. The van der Waals surface area contributed by atoms with Crippen molar-refractivity contribution >= 4 is 0 Å². The Hall–Kier alpha value is -2.53. The lowest BCUT2D eigenvalue weighted by molar-refractivity contribution is 0.763. The molecular formula is C18H19N5. The third-order valence-corrected chi connectivity index (χ3v) is 4.27. The maximum absolute atomic E-state index is 5.80. The molecule has 4 rings (SSSR count). The molecule has 0 saturated heterocycles.